The molecular formula is C35H18ClF11O. The Kier molecular flexibility index (Phi) is 9.59. The van der Waals surface area contributed by atoms with E-state index in [1.54, 1.807) is 12.1 Å². The third kappa shape index (κ3) is 6.75. The van der Waals surface area contributed by atoms with E-state index in [2.05, 4.69) is 11.3 Å². The van der Waals surface area contributed by atoms with Crippen molar-refractivity contribution in [2.45, 2.75) is 19.0 Å². The van der Waals surface area contributed by atoms with E-state index >= 15 is 22.0 Å². The van der Waals surface area contributed by atoms with E-state index in [0.29, 0.717) is 30.5 Å². The van der Waals surface area contributed by atoms with E-state index < -0.39 is 97.1 Å². The Hall–Kier alpha value is -4.84. The molecule has 5 rings (SSSR count). The minimum absolute atomic E-state index is 0.0216. The second kappa shape index (κ2) is 13.3. The molecule has 0 amide bonds. The zero-order valence-electron chi connectivity index (χ0n) is 24.0. The second-order valence-electron chi connectivity index (χ2n) is 10.4. The van der Waals surface area contributed by atoms with Gasteiger partial charge in [0.2, 0.25) is 0 Å². The first-order valence-corrected chi connectivity index (χ1v) is 14.1. The van der Waals surface area contributed by atoms with Crippen LogP contribution in [-0.2, 0) is 12.5 Å². The molecule has 0 saturated heterocycles. The van der Waals surface area contributed by atoms with Crippen LogP contribution in [0.2, 0.25) is 5.02 Å². The smallest absolute Gasteiger partial charge is 0.429 e. The molecular weight excluding hydrogens is 681 g/mol. The fourth-order valence-electron chi connectivity index (χ4n) is 5.00. The Morgan fingerprint density at radius 1 is 0.604 bits per heavy atom. The summed E-state index contributed by atoms with van der Waals surface area (Å²) in [5, 5.41) is -0.443. The number of rotatable bonds is 9. The number of ether oxygens (including phenoxy) is 1. The van der Waals surface area contributed by atoms with Crippen molar-refractivity contribution in [2.24, 2.45) is 0 Å². The van der Waals surface area contributed by atoms with Crippen molar-refractivity contribution in [2.75, 3.05) is 0 Å². The quantitative estimate of drug-likeness (QED) is 0.0846. The van der Waals surface area contributed by atoms with Crippen LogP contribution in [-0.4, -0.2) is 0 Å². The van der Waals surface area contributed by atoms with Gasteiger partial charge in [-0.1, -0.05) is 29.8 Å². The highest BCUT2D eigenvalue weighted by atomic mass is 35.5. The van der Waals surface area contributed by atoms with E-state index in [4.69, 9.17) is 11.6 Å². The number of halogens is 12. The number of hydrogen-bond acceptors (Lipinski definition) is 1. The predicted octanol–water partition coefficient (Wildman–Crippen LogP) is 11.8. The van der Waals surface area contributed by atoms with Crippen molar-refractivity contribution in [1.82, 2.24) is 0 Å². The molecule has 0 N–H and O–H groups in total. The van der Waals surface area contributed by atoms with Crippen LogP contribution >= 0.6 is 11.6 Å². The number of aryl methyl sites for hydroxylation is 1. The van der Waals surface area contributed by atoms with Gasteiger partial charge in [-0.25, -0.2) is 39.5 Å². The molecule has 0 fully saturated rings. The summed E-state index contributed by atoms with van der Waals surface area (Å²) in [6, 6.07) is 7.63. The molecule has 5 aromatic rings. The zero-order chi connectivity index (χ0) is 35.1. The minimum Gasteiger partial charge on any atom is -0.429 e. The van der Waals surface area contributed by atoms with Crippen molar-refractivity contribution >= 4 is 11.6 Å². The fourth-order valence-corrected chi connectivity index (χ4v) is 5.32. The molecule has 0 heterocycles. The van der Waals surface area contributed by atoms with E-state index in [9.17, 15) is 26.3 Å². The van der Waals surface area contributed by atoms with Crippen LogP contribution in [0.3, 0.4) is 0 Å². The summed E-state index contributed by atoms with van der Waals surface area (Å²) in [4.78, 5) is 0. The van der Waals surface area contributed by atoms with Gasteiger partial charge in [-0.15, -0.1) is 6.58 Å². The van der Waals surface area contributed by atoms with Crippen LogP contribution in [0.15, 0.2) is 79.4 Å². The summed E-state index contributed by atoms with van der Waals surface area (Å²) in [5.74, 6) is -16.0. The summed E-state index contributed by atoms with van der Waals surface area (Å²) >= 11 is 6.20. The van der Waals surface area contributed by atoms with E-state index in [1.165, 1.54) is 12.1 Å². The summed E-state index contributed by atoms with van der Waals surface area (Å²) in [7, 11) is 0. The summed E-state index contributed by atoms with van der Waals surface area (Å²) in [6.07, 6.45) is -2.18. The number of hydrogen-bond donors (Lipinski definition) is 0. The Morgan fingerprint density at radius 2 is 1.12 bits per heavy atom. The standard InChI is InChI=1S/C35H18ClF11O/c1-2-3-4-16-5-6-21(23(37)7-16)17-8-22(36)31(24(38)9-17)18-10-27(41)33(28(42)11-18)35(46,47)48-20-14-25(39)32(26(40)15-20)19-12-29(43)34(45)30(44)13-19/h2,5-15H,1,3-4H2. The van der Waals surface area contributed by atoms with Gasteiger partial charge in [0, 0.05) is 23.3 Å². The first-order chi connectivity index (χ1) is 22.6. The maximum atomic E-state index is 15.3. The van der Waals surface area contributed by atoms with Gasteiger partial charge in [-0.05, 0) is 77.6 Å². The van der Waals surface area contributed by atoms with Crippen molar-refractivity contribution in [3.8, 4) is 39.1 Å². The van der Waals surface area contributed by atoms with Crippen molar-refractivity contribution < 1.29 is 53.0 Å². The molecule has 0 bridgehead atoms. The molecule has 0 spiro atoms. The molecule has 48 heavy (non-hydrogen) atoms. The normalized spacial score (nSPS) is 11.6. The number of allylic oxidation sites excluding steroid dienone is 1. The van der Waals surface area contributed by atoms with Gasteiger partial charge in [0.15, 0.2) is 17.5 Å². The molecule has 248 valence electrons. The van der Waals surface area contributed by atoms with Gasteiger partial charge in [0.1, 0.15) is 46.2 Å². The lowest BCUT2D eigenvalue weighted by molar-refractivity contribution is -0.189. The minimum atomic E-state index is -4.93. The van der Waals surface area contributed by atoms with Crippen molar-refractivity contribution in [3.05, 3.63) is 148 Å². The van der Waals surface area contributed by atoms with Crippen LogP contribution in [0, 0.1) is 52.4 Å². The lowest BCUT2D eigenvalue weighted by Crippen LogP contribution is -2.25. The molecule has 0 atom stereocenters. The monoisotopic (exact) mass is 698 g/mol. The molecule has 13 heteroatoms. The highest BCUT2D eigenvalue weighted by molar-refractivity contribution is 6.33. The average Bonchev–Trinajstić information content (AvgIpc) is 2.97. The maximum absolute atomic E-state index is 15.3. The van der Waals surface area contributed by atoms with E-state index in [-0.39, 0.29) is 35.4 Å². The Morgan fingerprint density at radius 3 is 1.67 bits per heavy atom. The molecule has 0 aromatic heterocycles. The highest BCUT2D eigenvalue weighted by Crippen LogP contribution is 2.41. The SMILES string of the molecule is C=CCCc1ccc(-c2cc(F)c(-c3cc(F)c(C(F)(F)Oc4cc(F)c(-c5cc(F)c(F)c(F)c5)c(F)c4)c(F)c3)c(Cl)c2)c(F)c1. The average molecular weight is 699 g/mol. The molecule has 5 aromatic carbocycles. The Bertz CT molecular complexity index is 1980. The third-order valence-electron chi connectivity index (χ3n) is 7.18. The van der Waals surface area contributed by atoms with Gasteiger partial charge in [-0.2, -0.15) is 8.78 Å². The van der Waals surface area contributed by atoms with Crippen LogP contribution in [0.4, 0.5) is 48.3 Å². The largest absolute Gasteiger partial charge is 0.432 e. The molecule has 0 unspecified atom stereocenters. The molecule has 0 aliphatic heterocycles. The van der Waals surface area contributed by atoms with Gasteiger partial charge >= 0.3 is 6.11 Å². The third-order valence-corrected chi connectivity index (χ3v) is 7.48. The van der Waals surface area contributed by atoms with Crippen LogP contribution in [0.5, 0.6) is 5.75 Å². The summed E-state index contributed by atoms with van der Waals surface area (Å²) in [5.41, 5.74) is -4.63. The summed E-state index contributed by atoms with van der Waals surface area (Å²) in [6.45, 7) is 3.59. The highest BCUT2D eigenvalue weighted by Gasteiger charge is 2.42. The van der Waals surface area contributed by atoms with Gasteiger partial charge < -0.3 is 4.74 Å². The lowest BCUT2D eigenvalue weighted by atomic mass is 9.96. The fraction of sp³-hybridized carbons (Fsp3) is 0.0857. The zero-order valence-corrected chi connectivity index (χ0v) is 24.7. The molecule has 0 aliphatic rings. The molecule has 0 aliphatic carbocycles. The first-order valence-electron chi connectivity index (χ1n) is 13.7. The van der Waals surface area contributed by atoms with Crippen molar-refractivity contribution in [3.63, 3.8) is 0 Å². The molecule has 1 nitrogen and oxygen atoms in total. The molecule has 0 radical (unpaired) electrons. The maximum Gasteiger partial charge on any atom is 0.432 e. The number of alkyl halides is 2. The summed E-state index contributed by atoms with van der Waals surface area (Å²) < 4.78 is 164. The number of benzene rings is 5. The van der Waals surface area contributed by atoms with E-state index in [1.807, 2.05) is 0 Å². The second-order valence-corrected chi connectivity index (χ2v) is 10.8. The van der Waals surface area contributed by atoms with Crippen LogP contribution in [0.1, 0.15) is 17.5 Å². The van der Waals surface area contributed by atoms with Gasteiger partial charge in [0.25, 0.3) is 0 Å². The van der Waals surface area contributed by atoms with Gasteiger partial charge in [0.05, 0.1) is 10.6 Å². The predicted molar refractivity (Wildman–Crippen MR) is 157 cm³/mol. The van der Waals surface area contributed by atoms with Crippen LogP contribution in [0.25, 0.3) is 33.4 Å². The van der Waals surface area contributed by atoms with Crippen molar-refractivity contribution in [1.29, 1.82) is 0 Å². The van der Waals surface area contributed by atoms with E-state index in [0.717, 1.165) is 12.1 Å². The molecule has 0 saturated carbocycles. The van der Waals surface area contributed by atoms with Crippen LogP contribution < -0.4 is 4.74 Å². The Labute approximate surface area is 270 Å². The Balaban J connectivity index is 1.45. The lowest BCUT2D eigenvalue weighted by Gasteiger charge is -2.21. The topological polar surface area (TPSA) is 9.23 Å². The first kappa shape index (κ1) is 34.5. The van der Waals surface area contributed by atoms with Gasteiger partial charge in [-0.3, -0.25) is 0 Å².